The van der Waals surface area contributed by atoms with Crippen molar-refractivity contribution in [3.05, 3.63) is 112 Å². The van der Waals surface area contributed by atoms with Crippen LogP contribution in [0.4, 0.5) is 0 Å². The standard InChI is InChI=1S/C34H32ClNO3S.C12H23N/c1-23(37)30-8-3-2-6-25(30)12-16-32(40-22-34(17-18-34)21-33(38)39)27-7-4-5-24(19-27)9-14-29-15-11-26-10-13-28(35)20-31(26)36-29;1-3-7-11(8-4-1)13-12-9-5-2-6-10-12/h2-11,13-15,19-20,32H,12,16-18,21-22H2,1H3,(H,38,39);11-13H,1-10H2/b14-9+;/t32-;/m1./s1. The molecule has 0 aliphatic heterocycles. The molecule has 280 valence electrons. The number of thioether (sulfide) groups is 1. The fraction of sp³-hybridized carbons (Fsp3) is 0.457. The highest BCUT2D eigenvalue weighted by Gasteiger charge is 2.44. The number of aromatic nitrogens is 1. The van der Waals surface area contributed by atoms with Crippen LogP contribution in [-0.4, -0.2) is 39.7 Å². The summed E-state index contributed by atoms with van der Waals surface area (Å²) in [6.07, 6.45) is 22.5. The second-order valence-electron chi connectivity index (χ2n) is 15.5. The Morgan fingerprint density at radius 1 is 0.887 bits per heavy atom. The third-order valence-corrected chi connectivity index (χ3v) is 13.2. The van der Waals surface area contributed by atoms with E-state index < -0.39 is 5.97 Å². The van der Waals surface area contributed by atoms with Crippen molar-refractivity contribution >= 4 is 58.2 Å². The molecule has 53 heavy (non-hydrogen) atoms. The van der Waals surface area contributed by atoms with Gasteiger partial charge in [0.2, 0.25) is 0 Å². The van der Waals surface area contributed by atoms with E-state index in [0.717, 1.165) is 76.8 Å². The number of carbonyl (C=O) groups is 2. The first-order valence-corrected chi connectivity index (χ1v) is 21.2. The average Bonchev–Trinajstić information content (AvgIpc) is 3.93. The highest BCUT2D eigenvalue weighted by Crippen LogP contribution is 2.53. The highest BCUT2D eigenvalue weighted by molar-refractivity contribution is 7.99. The molecule has 5 nitrogen and oxygen atoms in total. The van der Waals surface area contributed by atoms with Gasteiger partial charge in [0.05, 0.1) is 17.6 Å². The molecule has 3 saturated carbocycles. The molecule has 7 heteroatoms. The van der Waals surface area contributed by atoms with Gasteiger partial charge in [0.25, 0.3) is 0 Å². The number of rotatable bonds is 14. The molecule has 3 aromatic carbocycles. The summed E-state index contributed by atoms with van der Waals surface area (Å²) in [4.78, 5) is 28.4. The third-order valence-electron chi connectivity index (χ3n) is 11.2. The Kier molecular flexibility index (Phi) is 14.2. The summed E-state index contributed by atoms with van der Waals surface area (Å²) in [5, 5.41) is 15.2. The minimum atomic E-state index is -0.721. The molecule has 1 heterocycles. The fourth-order valence-electron chi connectivity index (χ4n) is 7.98. The summed E-state index contributed by atoms with van der Waals surface area (Å²) in [5.74, 6) is 0.179. The number of fused-ring (bicyclic) bond motifs is 1. The van der Waals surface area contributed by atoms with Gasteiger partial charge in [-0.2, -0.15) is 11.8 Å². The van der Waals surface area contributed by atoms with Crippen molar-refractivity contribution < 1.29 is 14.7 Å². The second-order valence-corrected chi connectivity index (χ2v) is 17.2. The van der Waals surface area contributed by atoms with Crippen molar-refractivity contribution in [2.75, 3.05) is 5.75 Å². The van der Waals surface area contributed by atoms with Crippen LogP contribution in [0.3, 0.4) is 0 Å². The molecule has 7 rings (SSSR count). The SMILES string of the molecule is C1CCC(NC2CCCCC2)CC1.CC(=O)c1ccccc1CC[C@@H](SCC1(CC(=O)O)CC1)c1cccc(/C=C/c2ccc3ccc(Cl)cc3n2)c1. The minimum absolute atomic E-state index is 0.0786. The van der Waals surface area contributed by atoms with Crippen LogP contribution < -0.4 is 5.32 Å². The van der Waals surface area contributed by atoms with Crippen molar-refractivity contribution in [1.82, 2.24) is 10.3 Å². The number of halogens is 1. The number of nitrogens with one attached hydrogen (secondary N) is 1. The predicted octanol–water partition coefficient (Wildman–Crippen LogP) is 12.2. The van der Waals surface area contributed by atoms with Crippen LogP contribution in [0, 0.1) is 5.41 Å². The number of nitrogens with zero attached hydrogens (tertiary/aromatic N) is 1. The van der Waals surface area contributed by atoms with Gasteiger partial charge < -0.3 is 10.4 Å². The Morgan fingerprint density at radius 3 is 2.26 bits per heavy atom. The number of benzene rings is 3. The van der Waals surface area contributed by atoms with Gasteiger partial charge in [-0.1, -0.05) is 117 Å². The summed E-state index contributed by atoms with van der Waals surface area (Å²) in [5.41, 5.74) is 5.75. The lowest BCUT2D eigenvalue weighted by Crippen LogP contribution is -2.40. The molecule has 0 amide bonds. The van der Waals surface area contributed by atoms with Gasteiger partial charge in [-0.3, -0.25) is 9.59 Å². The van der Waals surface area contributed by atoms with E-state index in [1.807, 2.05) is 72.4 Å². The van der Waals surface area contributed by atoms with Crippen LogP contribution in [0.25, 0.3) is 23.1 Å². The van der Waals surface area contributed by atoms with Gasteiger partial charge in [-0.15, -0.1) is 0 Å². The van der Waals surface area contributed by atoms with E-state index in [1.54, 1.807) is 6.92 Å². The number of hydrogen-bond acceptors (Lipinski definition) is 5. The first-order valence-electron chi connectivity index (χ1n) is 19.8. The van der Waals surface area contributed by atoms with Crippen molar-refractivity contribution in [3.8, 4) is 0 Å². The molecule has 3 fully saturated rings. The Bertz CT molecular complexity index is 1840. The lowest BCUT2D eigenvalue weighted by atomic mass is 9.91. The van der Waals surface area contributed by atoms with Crippen molar-refractivity contribution in [2.45, 2.75) is 121 Å². The summed E-state index contributed by atoms with van der Waals surface area (Å²) >= 11 is 8.00. The van der Waals surface area contributed by atoms with E-state index >= 15 is 0 Å². The van der Waals surface area contributed by atoms with E-state index in [2.05, 4.69) is 35.7 Å². The van der Waals surface area contributed by atoms with Gasteiger partial charge >= 0.3 is 5.97 Å². The Balaban J connectivity index is 0.000000309. The molecule has 0 unspecified atom stereocenters. The molecular weight excluding hydrogens is 696 g/mol. The Labute approximate surface area is 325 Å². The molecule has 1 atom stereocenters. The van der Waals surface area contributed by atoms with E-state index in [9.17, 15) is 14.7 Å². The van der Waals surface area contributed by atoms with Crippen molar-refractivity contribution in [1.29, 1.82) is 0 Å². The number of Topliss-reactive ketones (excluding diaryl/α,β-unsaturated/α-hetero) is 1. The maximum Gasteiger partial charge on any atom is 0.303 e. The van der Waals surface area contributed by atoms with Gasteiger partial charge in [0.15, 0.2) is 5.78 Å². The molecule has 4 aromatic rings. The minimum Gasteiger partial charge on any atom is -0.481 e. The van der Waals surface area contributed by atoms with E-state index in [4.69, 9.17) is 16.6 Å². The molecule has 0 spiro atoms. The zero-order chi connectivity index (χ0) is 37.0. The number of aliphatic carboxylic acids is 1. The van der Waals surface area contributed by atoms with Crippen LogP contribution in [0.5, 0.6) is 0 Å². The highest BCUT2D eigenvalue weighted by atomic mass is 35.5. The molecule has 0 radical (unpaired) electrons. The number of ketones is 1. The molecular formula is C46H55ClN2O3S. The number of carbonyl (C=O) groups excluding carboxylic acids is 1. The fourth-order valence-corrected chi connectivity index (χ4v) is 9.71. The number of carboxylic acids is 1. The smallest absolute Gasteiger partial charge is 0.303 e. The van der Waals surface area contributed by atoms with Crippen LogP contribution in [0.2, 0.25) is 5.02 Å². The summed E-state index contributed by atoms with van der Waals surface area (Å²) < 4.78 is 0. The van der Waals surface area contributed by atoms with E-state index in [0.29, 0.717) is 5.02 Å². The van der Waals surface area contributed by atoms with Gasteiger partial charge in [0, 0.05) is 39.1 Å². The predicted molar refractivity (Wildman–Crippen MR) is 223 cm³/mol. The maximum absolute atomic E-state index is 12.2. The van der Waals surface area contributed by atoms with Gasteiger partial charge in [0.1, 0.15) is 0 Å². The summed E-state index contributed by atoms with van der Waals surface area (Å²) in [6.45, 7) is 1.61. The zero-order valence-electron chi connectivity index (χ0n) is 31.2. The van der Waals surface area contributed by atoms with Crippen LogP contribution >= 0.6 is 23.4 Å². The number of pyridine rings is 1. The molecule has 0 saturated heterocycles. The lowest BCUT2D eigenvalue weighted by Gasteiger charge is -2.30. The molecule has 3 aliphatic rings. The molecule has 1 aromatic heterocycles. The first-order chi connectivity index (χ1) is 25.7. The zero-order valence-corrected chi connectivity index (χ0v) is 32.8. The van der Waals surface area contributed by atoms with E-state index in [1.165, 1.54) is 69.8 Å². The Hall–Kier alpha value is -3.45. The molecule has 2 N–H and O–H groups in total. The van der Waals surface area contributed by atoms with Gasteiger partial charge in [-0.25, -0.2) is 4.98 Å². The molecule has 0 bridgehead atoms. The number of hydrogen-bond donors (Lipinski definition) is 2. The van der Waals surface area contributed by atoms with E-state index in [-0.39, 0.29) is 22.9 Å². The van der Waals surface area contributed by atoms with Crippen LogP contribution in [-0.2, 0) is 11.2 Å². The van der Waals surface area contributed by atoms with Crippen LogP contribution in [0.15, 0.2) is 78.9 Å². The second kappa shape index (κ2) is 19.2. The molecule has 3 aliphatic carbocycles. The normalized spacial score (nSPS) is 18.0. The largest absolute Gasteiger partial charge is 0.481 e. The topological polar surface area (TPSA) is 79.3 Å². The Morgan fingerprint density at radius 2 is 1.58 bits per heavy atom. The van der Waals surface area contributed by atoms with Crippen molar-refractivity contribution in [3.63, 3.8) is 0 Å². The van der Waals surface area contributed by atoms with Gasteiger partial charge in [-0.05, 0) is 105 Å². The lowest BCUT2D eigenvalue weighted by molar-refractivity contribution is -0.138. The number of aryl methyl sites for hydroxylation is 1. The maximum atomic E-state index is 12.2. The summed E-state index contributed by atoms with van der Waals surface area (Å²) in [6, 6.07) is 27.8. The quantitative estimate of drug-likeness (QED) is 0.125. The average molecular weight is 751 g/mol. The van der Waals surface area contributed by atoms with Crippen LogP contribution in [0.1, 0.15) is 135 Å². The third kappa shape index (κ3) is 12.0. The van der Waals surface area contributed by atoms with Crippen molar-refractivity contribution in [2.24, 2.45) is 5.41 Å². The first kappa shape index (κ1) is 39.2. The monoisotopic (exact) mass is 750 g/mol. The number of carboxylic acid groups (broad SMARTS) is 1. The summed E-state index contributed by atoms with van der Waals surface area (Å²) in [7, 11) is 0.